The first kappa shape index (κ1) is 12.7. The largest absolute Gasteiger partial charge is 0.439 e. The van der Waals surface area contributed by atoms with Crippen molar-refractivity contribution in [2.24, 2.45) is 0 Å². The second-order valence-corrected chi connectivity index (χ2v) is 3.88. The summed E-state index contributed by atoms with van der Waals surface area (Å²) in [5.41, 5.74) is -0.814. The van der Waals surface area contributed by atoms with Crippen LogP contribution in [0.5, 0.6) is 11.6 Å². The number of hydrogen-bond acceptors (Lipinski definition) is 2. The molecule has 0 bridgehead atoms. The zero-order valence-corrected chi connectivity index (χ0v) is 9.66. The van der Waals surface area contributed by atoms with E-state index in [1.807, 2.05) is 0 Å². The molecule has 0 aliphatic rings. The van der Waals surface area contributed by atoms with Crippen molar-refractivity contribution in [3.8, 4) is 11.6 Å². The summed E-state index contributed by atoms with van der Waals surface area (Å²) in [6, 6.07) is 8.50. The molecule has 18 heavy (non-hydrogen) atoms. The maximum atomic E-state index is 12.3. The van der Waals surface area contributed by atoms with E-state index in [0.29, 0.717) is 10.8 Å². The summed E-state index contributed by atoms with van der Waals surface area (Å²) in [5, 5.41) is 0.544. The molecule has 0 N–H and O–H groups in total. The number of alkyl halides is 3. The fourth-order valence-corrected chi connectivity index (χ4v) is 1.36. The van der Waals surface area contributed by atoms with Crippen LogP contribution >= 0.6 is 11.6 Å². The fraction of sp³-hybridized carbons (Fsp3) is 0.0833. The molecule has 94 valence electrons. The van der Waals surface area contributed by atoms with Gasteiger partial charge in [-0.3, -0.25) is 0 Å². The lowest BCUT2D eigenvalue weighted by Crippen LogP contribution is -2.05. The first-order valence-corrected chi connectivity index (χ1v) is 5.29. The van der Waals surface area contributed by atoms with Gasteiger partial charge in [0.2, 0.25) is 5.88 Å². The Morgan fingerprint density at radius 3 is 2.17 bits per heavy atom. The lowest BCUT2D eigenvalue weighted by molar-refractivity contribution is -0.137. The number of halogens is 4. The third kappa shape index (κ3) is 3.13. The van der Waals surface area contributed by atoms with Crippen LogP contribution in [0.3, 0.4) is 0 Å². The van der Waals surface area contributed by atoms with E-state index in [1.54, 1.807) is 24.3 Å². The monoisotopic (exact) mass is 273 g/mol. The lowest BCUT2D eigenvalue weighted by Gasteiger charge is -2.07. The summed E-state index contributed by atoms with van der Waals surface area (Å²) in [6.07, 6.45) is -3.67. The number of rotatable bonds is 2. The van der Waals surface area contributed by atoms with Gasteiger partial charge < -0.3 is 4.74 Å². The van der Waals surface area contributed by atoms with Gasteiger partial charge in [0.25, 0.3) is 0 Å². The zero-order valence-electron chi connectivity index (χ0n) is 8.91. The molecule has 1 aromatic heterocycles. The Kier molecular flexibility index (Phi) is 3.43. The van der Waals surface area contributed by atoms with Crippen LogP contribution in [0.2, 0.25) is 5.02 Å². The summed E-state index contributed by atoms with van der Waals surface area (Å²) in [5.74, 6) is 0.539. The summed E-state index contributed by atoms with van der Waals surface area (Å²) < 4.78 is 42.2. The molecule has 0 radical (unpaired) electrons. The lowest BCUT2D eigenvalue weighted by atomic mass is 10.3. The number of aromatic nitrogens is 1. The van der Waals surface area contributed by atoms with Crippen LogP contribution in [0, 0.1) is 0 Å². The average molecular weight is 274 g/mol. The van der Waals surface area contributed by atoms with Gasteiger partial charge in [-0.05, 0) is 30.3 Å². The van der Waals surface area contributed by atoms with Gasteiger partial charge in [0, 0.05) is 17.3 Å². The van der Waals surface area contributed by atoms with Gasteiger partial charge in [-0.2, -0.15) is 13.2 Å². The van der Waals surface area contributed by atoms with Crippen LogP contribution in [0.15, 0.2) is 42.6 Å². The Labute approximate surface area is 106 Å². The van der Waals surface area contributed by atoms with Gasteiger partial charge in [0.1, 0.15) is 5.75 Å². The first-order valence-electron chi connectivity index (χ1n) is 4.92. The molecule has 0 amide bonds. The maximum Gasteiger partial charge on any atom is 0.417 e. The van der Waals surface area contributed by atoms with Crippen LogP contribution in [-0.4, -0.2) is 4.98 Å². The third-order valence-corrected chi connectivity index (χ3v) is 2.35. The molecular weight excluding hydrogens is 267 g/mol. The van der Waals surface area contributed by atoms with Crippen molar-refractivity contribution in [1.29, 1.82) is 0 Å². The fourth-order valence-electron chi connectivity index (χ4n) is 1.23. The maximum absolute atomic E-state index is 12.3. The number of nitrogens with zero attached hydrogens (tertiary/aromatic N) is 1. The van der Waals surface area contributed by atoms with Gasteiger partial charge in [-0.25, -0.2) is 4.98 Å². The van der Waals surface area contributed by atoms with E-state index in [4.69, 9.17) is 16.3 Å². The van der Waals surface area contributed by atoms with Gasteiger partial charge in [0.15, 0.2) is 0 Å². The molecule has 0 saturated heterocycles. The molecule has 1 heterocycles. The first-order chi connectivity index (χ1) is 8.45. The molecular formula is C12H7ClF3NO. The predicted octanol–water partition coefficient (Wildman–Crippen LogP) is 4.55. The molecule has 1 aromatic carbocycles. The van der Waals surface area contributed by atoms with E-state index in [9.17, 15) is 13.2 Å². The standard InChI is InChI=1S/C12H7ClF3NO/c13-9-2-4-10(5-3-9)18-11-6-1-8(7-17-11)12(14,15)16/h1-7H. The molecule has 2 nitrogen and oxygen atoms in total. The summed E-state index contributed by atoms with van der Waals surface area (Å²) >= 11 is 5.69. The van der Waals surface area contributed by atoms with Crippen molar-refractivity contribution in [3.05, 3.63) is 53.2 Å². The number of benzene rings is 1. The van der Waals surface area contributed by atoms with E-state index in [0.717, 1.165) is 18.3 Å². The van der Waals surface area contributed by atoms with E-state index in [1.165, 1.54) is 0 Å². The van der Waals surface area contributed by atoms with Crippen molar-refractivity contribution in [2.75, 3.05) is 0 Å². The Bertz CT molecular complexity index is 523. The minimum absolute atomic E-state index is 0.0883. The van der Waals surface area contributed by atoms with Gasteiger partial charge in [0.05, 0.1) is 5.56 Å². The Morgan fingerprint density at radius 2 is 1.67 bits per heavy atom. The highest BCUT2D eigenvalue weighted by atomic mass is 35.5. The van der Waals surface area contributed by atoms with Crippen LogP contribution in [0.25, 0.3) is 0 Å². The number of hydrogen-bond donors (Lipinski definition) is 0. The molecule has 2 rings (SSSR count). The highest BCUT2D eigenvalue weighted by molar-refractivity contribution is 6.30. The van der Waals surface area contributed by atoms with Crippen LogP contribution in [-0.2, 0) is 6.18 Å². The normalized spacial score (nSPS) is 11.3. The van der Waals surface area contributed by atoms with Crippen molar-refractivity contribution < 1.29 is 17.9 Å². The van der Waals surface area contributed by atoms with Crippen LogP contribution in [0.4, 0.5) is 13.2 Å². The highest BCUT2D eigenvalue weighted by Gasteiger charge is 2.30. The van der Waals surface area contributed by atoms with E-state index in [-0.39, 0.29) is 5.88 Å². The third-order valence-electron chi connectivity index (χ3n) is 2.10. The van der Waals surface area contributed by atoms with Crippen molar-refractivity contribution in [2.45, 2.75) is 6.18 Å². The van der Waals surface area contributed by atoms with Gasteiger partial charge >= 0.3 is 6.18 Å². The molecule has 2 aromatic rings. The van der Waals surface area contributed by atoms with E-state index in [2.05, 4.69) is 4.98 Å². The number of pyridine rings is 1. The van der Waals surface area contributed by atoms with Gasteiger partial charge in [-0.1, -0.05) is 11.6 Å². The minimum atomic E-state index is -4.40. The quantitative estimate of drug-likeness (QED) is 0.801. The van der Waals surface area contributed by atoms with Crippen LogP contribution in [0.1, 0.15) is 5.56 Å². The molecule has 0 spiro atoms. The Morgan fingerprint density at radius 1 is 1.00 bits per heavy atom. The highest BCUT2D eigenvalue weighted by Crippen LogP contribution is 2.30. The van der Waals surface area contributed by atoms with Crippen molar-refractivity contribution in [1.82, 2.24) is 4.98 Å². The molecule has 0 unspecified atom stereocenters. The minimum Gasteiger partial charge on any atom is -0.439 e. The second-order valence-electron chi connectivity index (χ2n) is 3.44. The van der Waals surface area contributed by atoms with Crippen molar-refractivity contribution >= 4 is 11.6 Å². The van der Waals surface area contributed by atoms with E-state index >= 15 is 0 Å². The molecule has 0 saturated carbocycles. The summed E-state index contributed by atoms with van der Waals surface area (Å²) in [7, 11) is 0. The Hall–Kier alpha value is -1.75. The van der Waals surface area contributed by atoms with Crippen molar-refractivity contribution in [3.63, 3.8) is 0 Å². The Balaban J connectivity index is 2.13. The molecule has 0 aliphatic carbocycles. The van der Waals surface area contributed by atoms with E-state index < -0.39 is 11.7 Å². The topological polar surface area (TPSA) is 22.1 Å². The smallest absolute Gasteiger partial charge is 0.417 e. The summed E-state index contributed by atoms with van der Waals surface area (Å²) in [6.45, 7) is 0. The average Bonchev–Trinajstić information content (AvgIpc) is 2.32. The second kappa shape index (κ2) is 4.86. The molecule has 0 aliphatic heterocycles. The summed E-state index contributed by atoms with van der Waals surface area (Å²) in [4.78, 5) is 3.59. The number of ether oxygens (including phenoxy) is 1. The molecule has 0 atom stereocenters. The predicted molar refractivity (Wildman–Crippen MR) is 60.8 cm³/mol. The molecule has 6 heteroatoms. The van der Waals surface area contributed by atoms with Crippen LogP contribution < -0.4 is 4.74 Å². The molecule has 0 fully saturated rings. The SMILES string of the molecule is FC(F)(F)c1ccc(Oc2ccc(Cl)cc2)nc1. The van der Waals surface area contributed by atoms with Gasteiger partial charge in [-0.15, -0.1) is 0 Å². The zero-order chi connectivity index (χ0) is 13.2.